The van der Waals surface area contributed by atoms with Crippen LogP contribution in [0.4, 0.5) is 0 Å². The SMILES string of the molecule is CC(C)NC(=O)CSc1nnc2ccc(-c3ccco3)nn12. The van der Waals surface area contributed by atoms with Crippen LogP contribution in [0.1, 0.15) is 13.8 Å². The second kappa shape index (κ2) is 6.18. The lowest BCUT2D eigenvalue weighted by Gasteiger charge is -2.07. The van der Waals surface area contributed by atoms with E-state index in [1.807, 2.05) is 32.0 Å². The Bertz CT molecular complexity index is 782. The molecule has 0 aromatic carbocycles. The lowest BCUT2D eigenvalue weighted by Crippen LogP contribution is -2.31. The molecule has 8 heteroatoms. The van der Waals surface area contributed by atoms with Gasteiger partial charge in [-0.1, -0.05) is 11.8 Å². The number of nitrogens with one attached hydrogen (secondary N) is 1. The standard InChI is InChI=1S/C14H15N5O2S/c1-9(2)15-13(20)8-22-14-17-16-12-6-5-10(18-19(12)14)11-4-3-7-21-11/h3-7,9H,8H2,1-2H3,(H,15,20). The van der Waals surface area contributed by atoms with Gasteiger partial charge in [0.05, 0.1) is 12.0 Å². The van der Waals surface area contributed by atoms with Crippen LogP contribution in [-0.4, -0.2) is 37.5 Å². The molecule has 1 N–H and O–H groups in total. The van der Waals surface area contributed by atoms with Crippen molar-refractivity contribution in [3.63, 3.8) is 0 Å². The summed E-state index contributed by atoms with van der Waals surface area (Å²) in [7, 11) is 0. The molecule has 1 amide bonds. The Hall–Kier alpha value is -2.35. The van der Waals surface area contributed by atoms with Crippen LogP contribution in [0.15, 0.2) is 40.1 Å². The highest BCUT2D eigenvalue weighted by Gasteiger charge is 2.12. The predicted octanol–water partition coefficient (Wildman–Crippen LogP) is 2.00. The molecule has 3 aromatic heterocycles. The molecular weight excluding hydrogens is 302 g/mol. The number of hydrogen-bond donors (Lipinski definition) is 1. The van der Waals surface area contributed by atoms with Crippen LogP contribution >= 0.6 is 11.8 Å². The maximum Gasteiger partial charge on any atom is 0.230 e. The number of nitrogens with zero attached hydrogens (tertiary/aromatic N) is 4. The summed E-state index contributed by atoms with van der Waals surface area (Å²) >= 11 is 1.30. The zero-order valence-corrected chi connectivity index (χ0v) is 13.0. The molecule has 0 atom stereocenters. The van der Waals surface area contributed by atoms with Crippen molar-refractivity contribution in [2.24, 2.45) is 0 Å². The number of carbonyl (C=O) groups excluding carboxylic acids is 1. The summed E-state index contributed by atoms with van der Waals surface area (Å²) in [6.45, 7) is 3.85. The molecule has 114 valence electrons. The molecule has 3 aromatic rings. The number of aromatic nitrogens is 4. The highest BCUT2D eigenvalue weighted by Crippen LogP contribution is 2.20. The van der Waals surface area contributed by atoms with Crippen LogP contribution in [0.25, 0.3) is 17.1 Å². The summed E-state index contributed by atoms with van der Waals surface area (Å²) in [4.78, 5) is 11.7. The largest absolute Gasteiger partial charge is 0.463 e. The highest BCUT2D eigenvalue weighted by molar-refractivity contribution is 7.99. The van der Waals surface area contributed by atoms with Gasteiger partial charge in [0.25, 0.3) is 0 Å². The minimum Gasteiger partial charge on any atom is -0.463 e. The topological polar surface area (TPSA) is 85.3 Å². The molecule has 0 saturated carbocycles. The summed E-state index contributed by atoms with van der Waals surface area (Å²) in [5.41, 5.74) is 1.31. The minimum absolute atomic E-state index is 0.0426. The number of thioether (sulfide) groups is 1. The minimum atomic E-state index is -0.0426. The fourth-order valence-electron chi connectivity index (χ4n) is 1.91. The highest BCUT2D eigenvalue weighted by atomic mass is 32.2. The number of rotatable bonds is 5. The van der Waals surface area contributed by atoms with Crippen molar-refractivity contribution in [2.45, 2.75) is 25.0 Å². The Morgan fingerprint density at radius 2 is 2.23 bits per heavy atom. The van der Waals surface area contributed by atoms with Crippen LogP contribution in [-0.2, 0) is 4.79 Å². The lowest BCUT2D eigenvalue weighted by molar-refractivity contribution is -0.119. The van der Waals surface area contributed by atoms with Crippen molar-refractivity contribution < 1.29 is 9.21 Å². The van der Waals surface area contributed by atoms with E-state index in [0.29, 0.717) is 22.3 Å². The lowest BCUT2D eigenvalue weighted by atomic mass is 10.3. The van der Waals surface area contributed by atoms with E-state index in [1.54, 1.807) is 16.8 Å². The van der Waals surface area contributed by atoms with Gasteiger partial charge < -0.3 is 9.73 Å². The van der Waals surface area contributed by atoms with Crippen LogP contribution in [0.5, 0.6) is 0 Å². The predicted molar refractivity (Wildman–Crippen MR) is 82.5 cm³/mol. The van der Waals surface area contributed by atoms with E-state index in [2.05, 4.69) is 20.6 Å². The first-order valence-corrected chi connectivity index (χ1v) is 7.80. The molecule has 0 aliphatic carbocycles. The van der Waals surface area contributed by atoms with Gasteiger partial charge in [-0.25, -0.2) is 0 Å². The van der Waals surface area contributed by atoms with Crippen molar-refractivity contribution >= 4 is 23.3 Å². The van der Waals surface area contributed by atoms with E-state index in [0.717, 1.165) is 0 Å². The summed E-state index contributed by atoms with van der Waals surface area (Å²) in [5.74, 6) is 0.897. The Kier molecular flexibility index (Phi) is 4.10. The van der Waals surface area contributed by atoms with E-state index in [-0.39, 0.29) is 17.7 Å². The second-order valence-corrected chi connectivity index (χ2v) is 5.90. The summed E-state index contributed by atoms with van der Waals surface area (Å²) in [5, 5.41) is 16.0. The Morgan fingerprint density at radius 1 is 1.36 bits per heavy atom. The monoisotopic (exact) mass is 317 g/mol. The van der Waals surface area contributed by atoms with Crippen molar-refractivity contribution in [3.8, 4) is 11.5 Å². The summed E-state index contributed by atoms with van der Waals surface area (Å²) < 4.78 is 6.96. The molecular formula is C14H15N5O2S. The van der Waals surface area contributed by atoms with Gasteiger partial charge in [-0.3, -0.25) is 4.79 Å². The normalized spacial score (nSPS) is 11.2. The molecule has 0 bridgehead atoms. The Labute approximate surface area is 131 Å². The number of fused-ring (bicyclic) bond motifs is 1. The van der Waals surface area contributed by atoms with E-state index in [4.69, 9.17) is 4.42 Å². The third-order valence-electron chi connectivity index (χ3n) is 2.79. The van der Waals surface area contributed by atoms with Crippen LogP contribution < -0.4 is 5.32 Å². The molecule has 3 rings (SSSR count). The first-order chi connectivity index (χ1) is 10.6. The van der Waals surface area contributed by atoms with Gasteiger partial charge in [-0.2, -0.15) is 9.61 Å². The fraction of sp³-hybridized carbons (Fsp3) is 0.286. The van der Waals surface area contributed by atoms with Crippen molar-refractivity contribution in [2.75, 3.05) is 5.75 Å². The average Bonchev–Trinajstić information content (AvgIpc) is 3.13. The third-order valence-corrected chi connectivity index (χ3v) is 3.71. The van der Waals surface area contributed by atoms with Gasteiger partial charge >= 0.3 is 0 Å². The molecule has 0 spiro atoms. The molecule has 0 saturated heterocycles. The first-order valence-electron chi connectivity index (χ1n) is 6.82. The molecule has 0 aliphatic heterocycles. The quantitative estimate of drug-likeness (QED) is 0.724. The average molecular weight is 317 g/mol. The van der Waals surface area contributed by atoms with Crippen LogP contribution in [0.2, 0.25) is 0 Å². The van der Waals surface area contributed by atoms with Gasteiger partial charge in [0, 0.05) is 6.04 Å². The second-order valence-electron chi connectivity index (χ2n) is 4.96. The number of hydrogen-bond acceptors (Lipinski definition) is 6. The summed E-state index contributed by atoms with van der Waals surface area (Å²) in [6.07, 6.45) is 1.60. The van der Waals surface area contributed by atoms with Gasteiger partial charge in [-0.15, -0.1) is 10.2 Å². The first kappa shape index (κ1) is 14.6. The molecule has 0 aliphatic rings. The number of amides is 1. The molecule has 0 unspecified atom stereocenters. The van der Waals surface area contributed by atoms with Crippen molar-refractivity contribution in [3.05, 3.63) is 30.5 Å². The molecule has 7 nitrogen and oxygen atoms in total. The van der Waals surface area contributed by atoms with E-state index in [9.17, 15) is 4.79 Å². The number of furan rings is 1. The smallest absolute Gasteiger partial charge is 0.230 e. The zero-order valence-electron chi connectivity index (χ0n) is 12.2. The summed E-state index contributed by atoms with van der Waals surface area (Å²) in [6, 6.07) is 7.39. The van der Waals surface area contributed by atoms with Crippen molar-refractivity contribution in [1.29, 1.82) is 0 Å². The Morgan fingerprint density at radius 3 is 2.95 bits per heavy atom. The van der Waals surface area contributed by atoms with Crippen LogP contribution in [0, 0.1) is 0 Å². The van der Waals surface area contributed by atoms with Crippen LogP contribution in [0.3, 0.4) is 0 Å². The van der Waals surface area contributed by atoms with Gasteiger partial charge in [0.1, 0.15) is 5.69 Å². The van der Waals surface area contributed by atoms with Gasteiger partial charge in [0.2, 0.25) is 11.1 Å². The maximum atomic E-state index is 11.7. The van der Waals surface area contributed by atoms with E-state index < -0.39 is 0 Å². The fourth-order valence-corrected chi connectivity index (χ4v) is 2.61. The van der Waals surface area contributed by atoms with E-state index >= 15 is 0 Å². The van der Waals surface area contributed by atoms with Crippen molar-refractivity contribution in [1.82, 2.24) is 25.1 Å². The van der Waals surface area contributed by atoms with E-state index in [1.165, 1.54) is 11.8 Å². The molecule has 3 heterocycles. The van der Waals surface area contributed by atoms with Gasteiger partial charge in [-0.05, 0) is 38.1 Å². The third kappa shape index (κ3) is 3.11. The van der Waals surface area contributed by atoms with Gasteiger partial charge in [0.15, 0.2) is 11.4 Å². The molecule has 22 heavy (non-hydrogen) atoms. The number of carbonyl (C=O) groups is 1. The zero-order chi connectivity index (χ0) is 15.5. The molecule has 0 fully saturated rings. The Balaban J connectivity index is 1.81. The maximum absolute atomic E-state index is 11.7. The molecule has 0 radical (unpaired) electrons.